The molecule has 1 aliphatic heterocycles. The molecule has 3 N–H and O–H groups in total. The van der Waals surface area contributed by atoms with E-state index in [0.29, 0.717) is 49.2 Å². The Balaban J connectivity index is 1.50. The summed E-state index contributed by atoms with van der Waals surface area (Å²) in [6.07, 6.45) is 8.50. The van der Waals surface area contributed by atoms with Gasteiger partial charge in [0.05, 0.1) is 23.2 Å². The molecule has 1 saturated heterocycles. The van der Waals surface area contributed by atoms with Gasteiger partial charge in [0, 0.05) is 36.3 Å². The number of hydrogen-bond acceptors (Lipinski definition) is 9. The first-order valence-electron chi connectivity index (χ1n) is 15.2. The summed E-state index contributed by atoms with van der Waals surface area (Å²) in [6, 6.07) is 3.70. The smallest absolute Gasteiger partial charge is 0.226 e. The van der Waals surface area contributed by atoms with Gasteiger partial charge in [0.1, 0.15) is 11.9 Å². The lowest BCUT2D eigenvalue weighted by Crippen LogP contribution is -2.44. The fourth-order valence-corrected chi connectivity index (χ4v) is 6.71. The minimum Gasteiger partial charge on any atom is -0.504 e. The Bertz CT molecular complexity index is 1380. The van der Waals surface area contributed by atoms with Gasteiger partial charge in [-0.3, -0.25) is 14.5 Å². The third-order valence-corrected chi connectivity index (χ3v) is 8.88. The van der Waals surface area contributed by atoms with Crippen LogP contribution in [0.15, 0.2) is 23.9 Å². The summed E-state index contributed by atoms with van der Waals surface area (Å²) in [5.41, 5.74) is 0.373. The van der Waals surface area contributed by atoms with Crippen LogP contribution in [0.4, 0.5) is 0 Å². The molecule has 1 amide bonds. The number of ketones is 1. The van der Waals surface area contributed by atoms with Crippen molar-refractivity contribution in [2.45, 2.75) is 103 Å². The van der Waals surface area contributed by atoms with Crippen molar-refractivity contribution < 1.29 is 19.4 Å². The Morgan fingerprint density at radius 1 is 1.19 bits per heavy atom. The highest BCUT2D eigenvalue weighted by atomic mass is 16.5. The zero-order chi connectivity index (χ0) is 30.0. The number of amides is 1. The largest absolute Gasteiger partial charge is 0.504 e. The minimum atomic E-state index is -0.828. The van der Waals surface area contributed by atoms with Crippen molar-refractivity contribution in [2.24, 2.45) is 5.41 Å². The Hall–Kier alpha value is -3.60. The van der Waals surface area contributed by atoms with Crippen molar-refractivity contribution >= 4 is 23.2 Å². The van der Waals surface area contributed by atoms with Crippen molar-refractivity contribution in [3.63, 3.8) is 0 Å². The van der Waals surface area contributed by atoms with Crippen molar-refractivity contribution in [3.8, 4) is 11.7 Å². The van der Waals surface area contributed by atoms with E-state index in [2.05, 4.69) is 32.3 Å². The first kappa shape index (κ1) is 29.9. The predicted molar refractivity (Wildman–Crippen MR) is 159 cm³/mol. The van der Waals surface area contributed by atoms with Crippen molar-refractivity contribution in [1.82, 2.24) is 30.0 Å². The van der Waals surface area contributed by atoms with Gasteiger partial charge in [-0.05, 0) is 85.4 Å². The van der Waals surface area contributed by atoms with Gasteiger partial charge in [0.25, 0.3) is 0 Å². The average Bonchev–Trinajstić information content (AvgIpc) is 3.59. The van der Waals surface area contributed by atoms with E-state index in [1.54, 1.807) is 23.0 Å². The molecule has 2 aromatic heterocycles. The third kappa shape index (κ3) is 6.11. The maximum Gasteiger partial charge on any atom is 0.226 e. The Kier molecular flexibility index (Phi) is 8.77. The Morgan fingerprint density at radius 3 is 2.69 bits per heavy atom. The monoisotopic (exact) mass is 577 g/mol. The zero-order valence-corrected chi connectivity index (χ0v) is 25.2. The number of aliphatic hydroxyl groups is 1. The van der Waals surface area contributed by atoms with Crippen molar-refractivity contribution in [3.05, 3.63) is 35.4 Å². The minimum absolute atomic E-state index is 0.0298. The topological polar surface area (TPSA) is 146 Å². The molecule has 2 saturated carbocycles. The summed E-state index contributed by atoms with van der Waals surface area (Å²) in [4.78, 5) is 36.9. The molecule has 5 rings (SSSR count). The highest BCUT2D eigenvalue weighted by molar-refractivity contribution is 6.18. The van der Waals surface area contributed by atoms with E-state index in [1.165, 1.54) is 0 Å². The number of rotatable bonds is 8. The first-order valence-corrected chi connectivity index (χ1v) is 15.2. The molecule has 1 spiro atoms. The molecule has 11 heteroatoms. The highest BCUT2D eigenvalue weighted by Gasteiger charge is 2.47. The predicted octanol–water partition coefficient (Wildman–Crippen LogP) is 4.19. The lowest BCUT2D eigenvalue weighted by molar-refractivity contribution is -0.128. The summed E-state index contributed by atoms with van der Waals surface area (Å²) < 4.78 is 7.88. The second-order valence-electron chi connectivity index (χ2n) is 12.3. The lowest BCUT2D eigenvalue weighted by Gasteiger charge is -2.40. The standard InChI is InChI=1S/C31H43N7O4/c1-19(2)33-26(40)17-21-12-16-38(36-21)25-18-27(42-20(3)23-10-8-15-37(23)4)35-30(34-25)28(41)22-9-7-14-31(29(22)32)13-6-5-11-24(31)39/h12,16,18-20,23,32,41H,5-11,13-15,17H2,1-4H3,(H,33,40)/b28-22-,32-29?/t20-,23-,31+/m0/s1. The zero-order valence-electron chi connectivity index (χ0n) is 25.2. The normalized spacial score (nSPS) is 25.2. The van der Waals surface area contributed by atoms with Gasteiger partial charge in [0.15, 0.2) is 11.6 Å². The number of aliphatic hydroxyl groups excluding tert-OH is 1. The maximum absolute atomic E-state index is 13.1. The molecular weight excluding hydrogens is 534 g/mol. The number of allylic oxidation sites excluding steroid dienone is 1. The van der Waals surface area contributed by atoms with E-state index in [-0.39, 0.29) is 59.5 Å². The second kappa shape index (κ2) is 12.3. The Labute approximate surface area is 247 Å². The van der Waals surface area contributed by atoms with E-state index >= 15 is 0 Å². The average molecular weight is 578 g/mol. The van der Waals surface area contributed by atoms with Crippen LogP contribution in [0.2, 0.25) is 0 Å². The van der Waals surface area contributed by atoms with Gasteiger partial charge >= 0.3 is 0 Å². The van der Waals surface area contributed by atoms with Crippen LogP contribution in [0.5, 0.6) is 5.88 Å². The summed E-state index contributed by atoms with van der Waals surface area (Å²) in [7, 11) is 2.09. The van der Waals surface area contributed by atoms with Crippen molar-refractivity contribution in [2.75, 3.05) is 13.6 Å². The summed E-state index contributed by atoms with van der Waals surface area (Å²) in [5.74, 6) is 0.470. The number of carbonyl (C=O) groups is 2. The van der Waals surface area contributed by atoms with Crippen LogP contribution < -0.4 is 10.1 Å². The molecule has 0 aromatic carbocycles. The van der Waals surface area contributed by atoms with E-state index in [9.17, 15) is 14.7 Å². The molecule has 42 heavy (non-hydrogen) atoms. The summed E-state index contributed by atoms with van der Waals surface area (Å²) in [6.45, 7) is 6.84. The molecular formula is C31H43N7O4. The lowest BCUT2D eigenvalue weighted by atomic mass is 9.62. The quantitative estimate of drug-likeness (QED) is 0.396. The van der Waals surface area contributed by atoms with Gasteiger partial charge in [0.2, 0.25) is 17.6 Å². The molecule has 11 nitrogen and oxygen atoms in total. The molecule has 0 unspecified atom stereocenters. The highest BCUT2D eigenvalue weighted by Crippen LogP contribution is 2.46. The second-order valence-corrected chi connectivity index (χ2v) is 12.3. The summed E-state index contributed by atoms with van der Waals surface area (Å²) >= 11 is 0. The van der Waals surface area contributed by atoms with Crippen LogP contribution in [-0.4, -0.2) is 78.9 Å². The molecule has 226 valence electrons. The van der Waals surface area contributed by atoms with Crippen LogP contribution in [-0.2, 0) is 16.0 Å². The number of Topliss-reactive ketones (excluding diaryl/α,β-unsaturated/α-hetero) is 1. The Morgan fingerprint density at radius 2 is 1.98 bits per heavy atom. The number of ether oxygens (including phenoxy) is 1. The van der Waals surface area contributed by atoms with Crippen LogP contribution in [0.25, 0.3) is 11.6 Å². The van der Waals surface area contributed by atoms with Crippen molar-refractivity contribution in [1.29, 1.82) is 5.41 Å². The molecule has 0 bridgehead atoms. The molecule has 0 radical (unpaired) electrons. The molecule has 3 atom stereocenters. The fraction of sp³-hybridized carbons (Fsp3) is 0.613. The first-order chi connectivity index (χ1) is 20.1. The van der Waals surface area contributed by atoms with Gasteiger partial charge in [-0.1, -0.05) is 6.42 Å². The number of nitrogens with one attached hydrogen (secondary N) is 2. The van der Waals surface area contributed by atoms with E-state index in [0.717, 1.165) is 32.2 Å². The fourth-order valence-electron chi connectivity index (χ4n) is 6.71. The van der Waals surface area contributed by atoms with Crippen LogP contribution in [0, 0.1) is 10.8 Å². The summed E-state index contributed by atoms with van der Waals surface area (Å²) in [5, 5.41) is 28.0. The van der Waals surface area contributed by atoms with Gasteiger partial charge < -0.3 is 20.6 Å². The molecule has 3 fully saturated rings. The van der Waals surface area contributed by atoms with Gasteiger partial charge in [-0.25, -0.2) is 9.67 Å². The van der Waals surface area contributed by atoms with Crippen LogP contribution >= 0.6 is 0 Å². The number of likely N-dealkylation sites (N-methyl/N-ethyl adjacent to an activating group) is 1. The maximum atomic E-state index is 13.1. The van der Waals surface area contributed by atoms with Gasteiger partial charge in [-0.2, -0.15) is 10.1 Å². The van der Waals surface area contributed by atoms with Gasteiger partial charge in [-0.15, -0.1) is 0 Å². The molecule has 2 aliphatic carbocycles. The van der Waals surface area contributed by atoms with E-state index < -0.39 is 5.41 Å². The van der Waals surface area contributed by atoms with Crippen LogP contribution in [0.3, 0.4) is 0 Å². The molecule has 3 aliphatic rings. The third-order valence-electron chi connectivity index (χ3n) is 8.88. The molecule has 2 aromatic rings. The SMILES string of the molecule is CC(C)NC(=O)Cc1ccn(-c2cc(O[C@@H](C)[C@@H]3CCCN3C)nc(/C(O)=C3\CCC[C@@]4(CCCCC4=O)C3=N)n2)n1. The number of nitrogens with zero attached hydrogens (tertiary/aromatic N) is 5. The number of likely N-dealkylation sites (tertiary alicyclic amines) is 1. The number of aromatic nitrogens is 4. The number of hydrogen-bond donors (Lipinski definition) is 3. The van der Waals surface area contributed by atoms with Crippen LogP contribution in [0.1, 0.15) is 90.1 Å². The van der Waals surface area contributed by atoms with E-state index in [4.69, 9.17) is 10.1 Å². The van der Waals surface area contributed by atoms with E-state index in [1.807, 2.05) is 20.8 Å². The number of carbonyl (C=O) groups excluding carboxylic acids is 2. The molecule has 3 heterocycles.